The quantitative estimate of drug-likeness (QED) is 0.658. The average Bonchev–Trinajstić information content (AvgIpc) is 1.76. The maximum atomic E-state index is 13.4. The molecular formula is C8H13FO3. The second-order valence-electron chi connectivity index (χ2n) is 3.92. The molecular weight excluding hydrogens is 163 g/mol. The monoisotopic (exact) mass is 176 g/mol. The number of aliphatic carboxylic acids is 1. The van der Waals surface area contributed by atoms with E-state index in [2.05, 4.69) is 0 Å². The maximum absolute atomic E-state index is 13.4. The molecule has 0 atom stereocenters. The molecule has 3 nitrogen and oxygen atoms in total. The van der Waals surface area contributed by atoms with Crippen molar-refractivity contribution < 1.29 is 19.4 Å². The van der Waals surface area contributed by atoms with E-state index in [9.17, 15) is 9.18 Å². The molecule has 0 bridgehead atoms. The summed E-state index contributed by atoms with van der Waals surface area (Å²) in [6.45, 7) is 2.49. The van der Waals surface area contributed by atoms with Crippen LogP contribution in [-0.2, 0) is 4.79 Å². The Morgan fingerprint density at radius 1 is 1.58 bits per heavy atom. The summed E-state index contributed by atoms with van der Waals surface area (Å²) in [5, 5.41) is 17.8. The fraction of sp³-hybridized carbons (Fsp3) is 0.875. The molecule has 1 aliphatic carbocycles. The summed E-state index contributed by atoms with van der Waals surface area (Å²) in [6.07, 6.45) is -0.617. The minimum Gasteiger partial charge on any atom is -0.481 e. The van der Waals surface area contributed by atoms with Gasteiger partial charge in [-0.25, -0.2) is 4.39 Å². The van der Waals surface area contributed by atoms with Crippen LogP contribution >= 0.6 is 0 Å². The molecule has 0 unspecified atom stereocenters. The van der Waals surface area contributed by atoms with Crippen LogP contribution in [0.15, 0.2) is 0 Å². The molecule has 70 valence electrons. The van der Waals surface area contributed by atoms with Crippen molar-refractivity contribution in [1.82, 2.24) is 0 Å². The highest BCUT2D eigenvalue weighted by molar-refractivity contribution is 5.77. The largest absolute Gasteiger partial charge is 0.481 e. The number of aliphatic hydroxyl groups is 1. The van der Waals surface area contributed by atoms with Crippen LogP contribution in [0.2, 0.25) is 0 Å². The van der Waals surface area contributed by atoms with Crippen molar-refractivity contribution in [2.75, 3.05) is 0 Å². The molecule has 12 heavy (non-hydrogen) atoms. The van der Waals surface area contributed by atoms with Gasteiger partial charge in [-0.15, -0.1) is 0 Å². The van der Waals surface area contributed by atoms with Crippen molar-refractivity contribution in [1.29, 1.82) is 0 Å². The van der Waals surface area contributed by atoms with E-state index in [1.54, 1.807) is 0 Å². The lowest BCUT2D eigenvalue weighted by atomic mass is 9.59. The van der Waals surface area contributed by atoms with Crippen molar-refractivity contribution in [2.24, 2.45) is 5.41 Å². The van der Waals surface area contributed by atoms with Crippen LogP contribution in [0.1, 0.15) is 26.7 Å². The molecule has 0 radical (unpaired) electrons. The van der Waals surface area contributed by atoms with Crippen LogP contribution in [0.3, 0.4) is 0 Å². The molecule has 4 heteroatoms. The first-order valence-electron chi connectivity index (χ1n) is 3.90. The number of alkyl halides is 1. The Balaban J connectivity index is 2.84. The van der Waals surface area contributed by atoms with E-state index >= 15 is 0 Å². The van der Waals surface area contributed by atoms with Crippen LogP contribution in [0.4, 0.5) is 4.39 Å². The van der Waals surface area contributed by atoms with Crippen molar-refractivity contribution >= 4 is 5.97 Å². The molecule has 1 rings (SSSR count). The molecule has 1 saturated carbocycles. The minimum atomic E-state index is -1.77. The highest BCUT2D eigenvalue weighted by atomic mass is 19.1. The van der Waals surface area contributed by atoms with Gasteiger partial charge in [-0.05, 0) is 26.7 Å². The summed E-state index contributed by atoms with van der Waals surface area (Å²) in [4.78, 5) is 10.7. The van der Waals surface area contributed by atoms with Gasteiger partial charge in [-0.3, -0.25) is 4.79 Å². The molecule has 0 aromatic heterocycles. The Hall–Kier alpha value is -0.640. The first-order valence-corrected chi connectivity index (χ1v) is 3.90. The number of carboxylic acids is 1. The van der Waals surface area contributed by atoms with Gasteiger partial charge in [-0.1, -0.05) is 0 Å². The third kappa shape index (κ3) is 1.10. The van der Waals surface area contributed by atoms with Crippen LogP contribution in [0.25, 0.3) is 0 Å². The molecule has 0 heterocycles. The Morgan fingerprint density at radius 2 is 2.00 bits per heavy atom. The molecule has 0 aliphatic heterocycles. The van der Waals surface area contributed by atoms with E-state index in [4.69, 9.17) is 10.2 Å². The topological polar surface area (TPSA) is 57.5 Å². The van der Waals surface area contributed by atoms with Gasteiger partial charge >= 0.3 is 5.97 Å². The van der Waals surface area contributed by atoms with Crippen molar-refractivity contribution in [3.8, 4) is 0 Å². The van der Waals surface area contributed by atoms with E-state index < -0.39 is 23.2 Å². The van der Waals surface area contributed by atoms with Crippen molar-refractivity contribution in [3.63, 3.8) is 0 Å². The lowest BCUT2D eigenvalue weighted by Gasteiger charge is -2.47. The fourth-order valence-corrected chi connectivity index (χ4v) is 1.66. The number of hydrogen-bond acceptors (Lipinski definition) is 2. The second kappa shape index (κ2) is 2.42. The lowest BCUT2D eigenvalue weighted by molar-refractivity contribution is -0.182. The number of aliphatic hydroxyl groups excluding tert-OH is 1. The second-order valence-corrected chi connectivity index (χ2v) is 3.92. The maximum Gasteiger partial charge on any atom is 0.313 e. The number of rotatable bonds is 2. The number of hydrogen-bond donors (Lipinski definition) is 2. The lowest BCUT2D eigenvalue weighted by Crippen LogP contribution is -2.57. The van der Waals surface area contributed by atoms with Gasteiger partial charge in [0.2, 0.25) is 0 Å². The Labute approximate surface area is 70.2 Å². The molecule has 0 amide bonds. The van der Waals surface area contributed by atoms with Gasteiger partial charge in [-0.2, -0.15) is 0 Å². The summed E-state index contributed by atoms with van der Waals surface area (Å²) in [7, 11) is 0. The third-order valence-corrected chi connectivity index (χ3v) is 2.72. The normalized spacial score (nSPS) is 35.8. The molecule has 0 aromatic rings. The highest BCUT2D eigenvalue weighted by Gasteiger charge is 2.60. The van der Waals surface area contributed by atoms with E-state index in [1.807, 2.05) is 0 Å². The molecule has 0 spiro atoms. The van der Waals surface area contributed by atoms with Gasteiger partial charge in [0, 0.05) is 0 Å². The SMILES string of the molecule is CC(C)(F)C1(C(=O)O)CC(O)C1. The standard InChI is InChI=1S/C8H13FO3/c1-7(2,9)8(6(11)12)3-5(10)4-8/h5,10H,3-4H2,1-2H3,(H,11,12). The molecule has 1 aliphatic rings. The van der Waals surface area contributed by atoms with E-state index in [0.717, 1.165) is 0 Å². The summed E-state index contributed by atoms with van der Waals surface area (Å²) >= 11 is 0. The zero-order valence-corrected chi connectivity index (χ0v) is 7.17. The zero-order chi connectivity index (χ0) is 9.57. The predicted molar refractivity (Wildman–Crippen MR) is 40.5 cm³/mol. The third-order valence-electron chi connectivity index (χ3n) is 2.72. The van der Waals surface area contributed by atoms with Gasteiger partial charge in [0.25, 0.3) is 0 Å². The van der Waals surface area contributed by atoms with Crippen LogP contribution in [0, 0.1) is 5.41 Å². The number of halogens is 1. The summed E-state index contributed by atoms with van der Waals surface area (Å²) < 4.78 is 13.4. The van der Waals surface area contributed by atoms with Crippen LogP contribution in [0.5, 0.6) is 0 Å². The highest BCUT2D eigenvalue weighted by Crippen LogP contribution is 2.51. The molecule has 2 N–H and O–H groups in total. The van der Waals surface area contributed by atoms with Gasteiger partial charge in [0.05, 0.1) is 6.10 Å². The first kappa shape index (κ1) is 9.45. The Bertz CT molecular complexity index is 201. The molecule has 1 fully saturated rings. The number of carboxylic acid groups (broad SMARTS) is 1. The first-order chi connectivity index (χ1) is 5.29. The summed E-state index contributed by atoms with van der Waals surface area (Å²) in [5.41, 5.74) is -3.13. The van der Waals surface area contributed by atoms with Gasteiger partial charge in [0.1, 0.15) is 11.1 Å². The van der Waals surface area contributed by atoms with Gasteiger partial charge < -0.3 is 10.2 Å². The van der Waals surface area contributed by atoms with E-state index in [0.29, 0.717) is 0 Å². The number of carbonyl (C=O) groups is 1. The smallest absolute Gasteiger partial charge is 0.313 e. The van der Waals surface area contributed by atoms with Gasteiger partial charge in [0.15, 0.2) is 0 Å². The molecule has 0 saturated heterocycles. The predicted octanol–water partition coefficient (Wildman–Crippen LogP) is 0.960. The van der Waals surface area contributed by atoms with Crippen LogP contribution < -0.4 is 0 Å². The van der Waals surface area contributed by atoms with Crippen molar-refractivity contribution in [3.05, 3.63) is 0 Å². The van der Waals surface area contributed by atoms with Crippen LogP contribution in [-0.4, -0.2) is 28.0 Å². The average molecular weight is 176 g/mol. The Morgan fingerprint density at radius 3 is 2.08 bits per heavy atom. The minimum absolute atomic E-state index is 0.0197. The summed E-state index contributed by atoms with van der Waals surface area (Å²) in [6, 6.07) is 0. The summed E-state index contributed by atoms with van der Waals surface area (Å²) in [5.74, 6) is -1.15. The fourth-order valence-electron chi connectivity index (χ4n) is 1.66. The van der Waals surface area contributed by atoms with E-state index in [1.165, 1.54) is 13.8 Å². The molecule has 0 aromatic carbocycles. The van der Waals surface area contributed by atoms with E-state index in [-0.39, 0.29) is 12.8 Å². The zero-order valence-electron chi connectivity index (χ0n) is 7.17. The Kier molecular flexibility index (Phi) is 1.91. The van der Waals surface area contributed by atoms with Crippen molar-refractivity contribution in [2.45, 2.75) is 38.5 Å².